The molecule has 11 heteroatoms. The first-order valence-corrected chi connectivity index (χ1v) is 11.2. The van der Waals surface area contributed by atoms with E-state index in [2.05, 4.69) is 0 Å². The molecule has 0 spiro atoms. The second-order valence-electron chi connectivity index (χ2n) is 8.19. The Morgan fingerprint density at radius 2 is 1.74 bits per heavy atom. The van der Waals surface area contributed by atoms with Crippen LogP contribution in [-0.4, -0.2) is 93.4 Å². The minimum absolute atomic E-state index is 0.0322. The van der Waals surface area contributed by atoms with Crippen LogP contribution in [0.5, 0.6) is 23.0 Å². The number of ether oxygens (including phenoxy) is 4. The van der Waals surface area contributed by atoms with Gasteiger partial charge >= 0.3 is 0 Å². The molecule has 0 aliphatic carbocycles. The Bertz CT molecular complexity index is 953. The lowest BCUT2D eigenvalue weighted by Gasteiger charge is -2.35. The van der Waals surface area contributed by atoms with Crippen LogP contribution in [0, 0.1) is 0 Å². The zero-order chi connectivity index (χ0) is 25.5. The summed E-state index contributed by atoms with van der Waals surface area (Å²) in [5.74, 6) is 0.233. The van der Waals surface area contributed by atoms with Crippen molar-refractivity contribution >= 4 is 0 Å². The Labute approximate surface area is 202 Å². The Morgan fingerprint density at radius 1 is 1.00 bits per heavy atom. The van der Waals surface area contributed by atoms with E-state index in [4.69, 9.17) is 24.1 Å². The van der Waals surface area contributed by atoms with Crippen molar-refractivity contribution in [2.24, 2.45) is 0 Å². The molecule has 2 aromatic carbocycles. The fourth-order valence-corrected chi connectivity index (χ4v) is 3.65. The predicted molar refractivity (Wildman–Crippen MR) is 121 cm³/mol. The molecule has 0 saturated carbocycles. The van der Waals surface area contributed by atoms with Gasteiger partial charge in [0.15, 0.2) is 29.1 Å². The van der Waals surface area contributed by atoms with Crippen LogP contribution >= 0.6 is 0 Å². The number of aliphatic hydroxyl groups excluding tert-OH is 6. The van der Waals surface area contributed by atoms with Crippen molar-refractivity contribution in [3.8, 4) is 23.0 Å². The van der Waals surface area contributed by atoms with Crippen molar-refractivity contribution in [3.05, 3.63) is 47.5 Å². The SMILES string of the molecule is COc1cc([C@@H](O)[C@H](CO)Oc2ccc(CCCO)cc2O)ccc1O[C@H]1OC[C@H](O)[C@@H](O)[C@@H]1O. The number of rotatable bonds is 11. The van der Waals surface area contributed by atoms with Crippen LogP contribution in [0.4, 0.5) is 0 Å². The summed E-state index contributed by atoms with van der Waals surface area (Å²) in [5.41, 5.74) is 1.12. The summed E-state index contributed by atoms with van der Waals surface area (Å²) in [7, 11) is 1.37. The number of aryl methyl sites for hydroxylation is 1. The topological polar surface area (TPSA) is 179 Å². The summed E-state index contributed by atoms with van der Waals surface area (Å²) in [4.78, 5) is 0. The van der Waals surface area contributed by atoms with Gasteiger partial charge in [-0.2, -0.15) is 0 Å². The van der Waals surface area contributed by atoms with Gasteiger partial charge in [-0.1, -0.05) is 12.1 Å². The number of benzene rings is 2. The first kappa shape index (κ1) is 27.0. The minimum Gasteiger partial charge on any atom is -0.504 e. The molecule has 7 N–H and O–H groups in total. The quantitative estimate of drug-likeness (QED) is 0.216. The van der Waals surface area contributed by atoms with Crippen molar-refractivity contribution in [1.82, 2.24) is 0 Å². The highest BCUT2D eigenvalue weighted by Gasteiger charge is 2.39. The second-order valence-corrected chi connectivity index (χ2v) is 8.19. The maximum Gasteiger partial charge on any atom is 0.229 e. The zero-order valence-electron chi connectivity index (χ0n) is 19.2. The van der Waals surface area contributed by atoms with Crippen LogP contribution in [0.3, 0.4) is 0 Å². The van der Waals surface area contributed by atoms with Gasteiger partial charge in [0.05, 0.1) is 20.3 Å². The predicted octanol–water partition coefficient (Wildman–Crippen LogP) is -0.383. The van der Waals surface area contributed by atoms with Gasteiger partial charge in [0.1, 0.15) is 24.4 Å². The maximum atomic E-state index is 10.8. The van der Waals surface area contributed by atoms with Crippen LogP contribution < -0.4 is 14.2 Å². The first-order chi connectivity index (χ1) is 16.8. The van der Waals surface area contributed by atoms with Gasteiger partial charge in [0.2, 0.25) is 6.29 Å². The number of methoxy groups -OCH3 is 1. The third-order valence-electron chi connectivity index (χ3n) is 5.68. The fourth-order valence-electron chi connectivity index (χ4n) is 3.65. The molecule has 0 radical (unpaired) electrons. The molecule has 0 bridgehead atoms. The third-order valence-corrected chi connectivity index (χ3v) is 5.68. The molecule has 1 aliphatic heterocycles. The van der Waals surface area contributed by atoms with Gasteiger partial charge in [0, 0.05) is 6.61 Å². The molecular weight excluding hydrogens is 464 g/mol. The van der Waals surface area contributed by atoms with Gasteiger partial charge < -0.3 is 54.7 Å². The van der Waals surface area contributed by atoms with Crippen LogP contribution in [0.15, 0.2) is 36.4 Å². The molecule has 11 nitrogen and oxygen atoms in total. The van der Waals surface area contributed by atoms with E-state index in [9.17, 15) is 30.6 Å². The lowest BCUT2D eigenvalue weighted by molar-refractivity contribution is -0.242. The zero-order valence-corrected chi connectivity index (χ0v) is 19.2. The summed E-state index contributed by atoms with van der Waals surface area (Å²) >= 11 is 0. The molecule has 35 heavy (non-hydrogen) atoms. The number of hydrogen-bond acceptors (Lipinski definition) is 11. The Hall–Kier alpha value is -2.64. The largest absolute Gasteiger partial charge is 0.504 e. The van der Waals surface area contributed by atoms with E-state index in [1.54, 1.807) is 6.07 Å². The second kappa shape index (κ2) is 12.4. The normalized spacial score (nSPS) is 24.0. The van der Waals surface area contributed by atoms with Crippen LogP contribution in [0.2, 0.25) is 0 Å². The van der Waals surface area contributed by atoms with E-state index < -0.39 is 43.4 Å². The van der Waals surface area contributed by atoms with Crippen molar-refractivity contribution < 1.29 is 54.7 Å². The fraction of sp³-hybridized carbons (Fsp3) is 0.500. The number of aromatic hydroxyl groups is 1. The Balaban J connectivity index is 1.72. The monoisotopic (exact) mass is 496 g/mol. The van der Waals surface area contributed by atoms with Gasteiger partial charge in [0.25, 0.3) is 0 Å². The molecule has 6 atom stereocenters. The van der Waals surface area contributed by atoms with E-state index in [-0.39, 0.29) is 36.2 Å². The van der Waals surface area contributed by atoms with E-state index in [1.807, 2.05) is 0 Å². The minimum atomic E-state index is -1.50. The summed E-state index contributed by atoms with van der Waals surface area (Å²) in [6.07, 6.45) is -6.75. The van der Waals surface area contributed by atoms with Gasteiger partial charge in [-0.3, -0.25) is 0 Å². The summed E-state index contributed by atoms with van der Waals surface area (Å²) in [6.45, 7) is -0.757. The molecule has 0 amide bonds. The highest BCUT2D eigenvalue weighted by Crippen LogP contribution is 2.35. The van der Waals surface area contributed by atoms with Gasteiger partial charge in [-0.15, -0.1) is 0 Å². The molecule has 1 aliphatic rings. The Morgan fingerprint density at radius 3 is 2.40 bits per heavy atom. The number of phenols is 1. The van der Waals surface area contributed by atoms with Crippen molar-refractivity contribution in [2.45, 2.75) is 49.7 Å². The van der Waals surface area contributed by atoms with Crippen molar-refractivity contribution in [2.75, 3.05) is 26.9 Å². The number of hydrogen-bond donors (Lipinski definition) is 7. The van der Waals surface area contributed by atoms with E-state index in [0.717, 1.165) is 5.56 Å². The van der Waals surface area contributed by atoms with Gasteiger partial charge in [-0.25, -0.2) is 0 Å². The molecule has 3 rings (SSSR count). The van der Waals surface area contributed by atoms with Crippen LogP contribution in [-0.2, 0) is 11.2 Å². The lowest BCUT2D eigenvalue weighted by Crippen LogP contribution is -2.54. The summed E-state index contributed by atoms with van der Waals surface area (Å²) in [6, 6.07) is 9.14. The molecule has 1 saturated heterocycles. The standard InChI is InChI=1S/C24H32O11/c1-32-19-10-14(5-7-18(19)35-24-23(31)22(30)16(28)12-33-24)21(29)20(11-26)34-17-6-4-13(3-2-8-25)9-15(17)27/h4-7,9-10,16,20-31H,2-3,8,11-12H2,1H3/t16-,20-,21+,22+,23-,24+/m0/s1. The molecule has 0 unspecified atom stereocenters. The first-order valence-electron chi connectivity index (χ1n) is 11.2. The van der Waals surface area contributed by atoms with Crippen LogP contribution in [0.25, 0.3) is 0 Å². The number of phenolic OH excluding ortho intramolecular Hbond substituents is 1. The third kappa shape index (κ3) is 6.53. The van der Waals surface area contributed by atoms with E-state index >= 15 is 0 Å². The summed E-state index contributed by atoms with van der Waals surface area (Å²) < 4.78 is 21.8. The van der Waals surface area contributed by atoms with E-state index in [1.165, 1.54) is 37.4 Å². The highest BCUT2D eigenvalue weighted by atomic mass is 16.7. The molecular formula is C24H32O11. The Kier molecular flexibility index (Phi) is 9.52. The molecule has 1 fully saturated rings. The molecule has 2 aromatic rings. The smallest absolute Gasteiger partial charge is 0.229 e. The van der Waals surface area contributed by atoms with Crippen molar-refractivity contribution in [1.29, 1.82) is 0 Å². The highest BCUT2D eigenvalue weighted by molar-refractivity contribution is 5.45. The average molecular weight is 497 g/mol. The van der Waals surface area contributed by atoms with Crippen LogP contribution in [0.1, 0.15) is 23.7 Å². The molecule has 0 aromatic heterocycles. The molecule has 194 valence electrons. The molecule has 1 heterocycles. The maximum absolute atomic E-state index is 10.8. The average Bonchev–Trinajstić information content (AvgIpc) is 2.87. The van der Waals surface area contributed by atoms with Gasteiger partial charge in [-0.05, 0) is 48.2 Å². The van der Waals surface area contributed by atoms with E-state index in [0.29, 0.717) is 18.4 Å². The van der Waals surface area contributed by atoms with Crippen molar-refractivity contribution in [3.63, 3.8) is 0 Å². The number of aliphatic hydroxyl groups is 6. The lowest BCUT2D eigenvalue weighted by atomic mass is 10.0. The summed E-state index contributed by atoms with van der Waals surface area (Å²) in [5, 5.41) is 69.3.